The normalized spacial score (nSPS) is 20.5. The summed E-state index contributed by atoms with van der Waals surface area (Å²) in [6.07, 6.45) is 7.19. The molecule has 33 heavy (non-hydrogen) atoms. The lowest BCUT2D eigenvalue weighted by Crippen LogP contribution is -2.34. The van der Waals surface area contributed by atoms with Crippen LogP contribution in [0.5, 0.6) is 5.88 Å². The topological polar surface area (TPSA) is 118 Å². The predicted molar refractivity (Wildman–Crippen MR) is 124 cm³/mol. The summed E-state index contributed by atoms with van der Waals surface area (Å²) in [6.45, 7) is 5.76. The Morgan fingerprint density at radius 3 is 3.00 bits per heavy atom. The van der Waals surface area contributed by atoms with Gasteiger partial charge in [-0.3, -0.25) is 0 Å². The molecule has 0 radical (unpaired) electrons. The van der Waals surface area contributed by atoms with E-state index in [4.69, 9.17) is 14.3 Å². The second kappa shape index (κ2) is 8.64. The molecule has 178 valence electrons. The number of fused-ring (bicyclic) bond motifs is 3. The van der Waals surface area contributed by atoms with Crippen LogP contribution in [-0.2, 0) is 40.5 Å². The van der Waals surface area contributed by atoms with Crippen molar-refractivity contribution >= 4 is 21.6 Å². The van der Waals surface area contributed by atoms with Crippen LogP contribution in [0, 0.1) is 4.78 Å². The Bertz CT molecular complexity index is 1190. The van der Waals surface area contributed by atoms with Gasteiger partial charge in [-0.05, 0) is 68.2 Å². The van der Waals surface area contributed by atoms with Crippen LogP contribution in [0.3, 0.4) is 0 Å². The highest BCUT2D eigenvalue weighted by Gasteiger charge is 2.32. The number of aromatic nitrogens is 2. The largest absolute Gasteiger partial charge is 0.477 e. The van der Waals surface area contributed by atoms with E-state index >= 15 is 0 Å². The lowest BCUT2D eigenvalue weighted by molar-refractivity contribution is 0.0676. The fourth-order valence-corrected chi connectivity index (χ4v) is 6.18. The van der Waals surface area contributed by atoms with E-state index in [0.29, 0.717) is 25.6 Å². The summed E-state index contributed by atoms with van der Waals surface area (Å²) in [5.74, 6) is 0.508. The number of carbonyl (C=O) groups excluding carboxylic acids is 1. The van der Waals surface area contributed by atoms with Gasteiger partial charge in [0.05, 0.1) is 25.5 Å². The molecule has 2 aliphatic carbocycles. The van der Waals surface area contributed by atoms with Crippen molar-refractivity contribution in [3.63, 3.8) is 0 Å². The fourth-order valence-electron chi connectivity index (χ4n) is 5.16. The Kier molecular flexibility index (Phi) is 5.82. The molecule has 2 atom stereocenters. The monoisotopic (exact) mass is 473 g/mol. The van der Waals surface area contributed by atoms with Crippen molar-refractivity contribution in [3.05, 3.63) is 34.5 Å². The quantitative estimate of drug-likeness (QED) is 0.590. The molecule has 0 saturated heterocycles. The van der Waals surface area contributed by atoms with E-state index in [0.717, 1.165) is 55.3 Å². The Morgan fingerprint density at radius 2 is 2.18 bits per heavy atom. The van der Waals surface area contributed by atoms with E-state index in [1.165, 1.54) is 17.3 Å². The highest BCUT2D eigenvalue weighted by atomic mass is 32.2. The molecular formula is C23H31N5O4S. The molecule has 2 heterocycles. The van der Waals surface area contributed by atoms with Crippen molar-refractivity contribution in [2.75, 3.05) is 18.5 Å². The second-order valence-corrected chi connectivity index (χ2v) is 11.0. The zero-order valence-corrected chi connectivity index (χ0v) is 19.9. The number of amides is 2. The lowest BCUT2D eigenvalue weighted by Gasteiger charge is -2.22. The van der Waals surface area contributed by atoms with E-state index in [9.17, 15) is 9.00 Å². The molecule has 1 aromatic heterocycles. The number of anilines is 1. The van der Waals surface area contributed by atoms with Crippen molar-refractivity contribution in [1.29, 1.82) is 4.78 Å². The van der Waals surface area contributed by atoms with E-state index < -0.39 is 15.9 Å². The molecule has 2 unspecified atom stereocenters. The zero-order chi connectivity index (χ0) is 23.2. The maximum absolute atomic E-state index is 13.2. The number of aryl methyl sites for hydroxylation is 3. The van der Waals surface area contributed by atoms with Gasteiger partial charge in [0.2, 0.25) is 5.88 Å². The fraction of sp³-hybridized carbons (Fsp3) is 0.565. The van der Waals surface area contributed by atoms with Crippen LogP contribution >= 0.6 is 0 Å². The van der Waals surface area contributed by atoms with Gasteiger partial charge in [0.25, 0.3) is 0 Å². The summed E-state index contributed by atoms with van der Waals surface area (Å²) in [4.78, 5) is 13.1. The minimum absolute atomic E-state index is 0.101. The number of benzene rings is 1. The number of rotatable bonds is 6. The van der Waals surface area contributed by atoms with Gasteiger partial charge in [0.15, 0.2) is 9.92 Å². The molecule has 0 saturated carbocycles. The first-order valence-electron chi connectivity index (χ1n) is 11.7. The van der Waals surface area contributed by atoms with Gasteiger partial charge >= 0.3 is 6.03 Å². The number of carbonyl (C=O) groups is 1. The van der Waals surface area contributed by atoms with E-state index in [1.807, 2.05) is 13.8 Å². The van der Waals surface area contributed by atoms with Crippen LogP contribution in [-0.4, -0.2) is 39.3 Å². The van der Waals surface area contributed by atoms with Gasteiger partial charge in [0.1, 0.15) is 4.90 Å². The SMILES string of the molecule is CC(C)OCC1CCc2cc3c(c(NC(=O)NS(=N)(=O)c4cnn5c4OCCC5)c21)CCC3. The van der Waals surface area contributed by atoms with Crippen LogP contribution < -0.4 is 14.8 Å². The molecule has 9 nitrogen and oxygen atoms in total. The van der Waals surface area contributed by atoms with Crippen molar-refractivity contribution in [1.82, 2.24) is 14.5 Å². The van der Waals surface area contributed by atoms with Crippen molar-refractivity contribution in [2.45, 2.75) is 75.8 Å². The summed E-state index contributed by atoms with van der Waals surface area (Å²) < 4.78 is 37.0. The van der Waals surface area contributed by atoms with Crippen LogP contribution in [0.15, 0.2) is 17.2 Å². The van der Waals surface area contributed by atoms with Crippen LogP contribution in [0.25, 0.3) is 0 Å². The number of nitrogens with zero attached hydrogens (tertiary/aromatic N) is 2. The predicted octanol–water partition coefficient (Wildman–Crippen LogP) is 3.75. The van der Waals surface area contributed by atoms with E-state index in [1.54, 1.807) is 4.68 Å². The lowest BCUT2D eigenvalue weighted by atomic mass is 9.94. The second-order valence-electron chi connectivity index (χ2n) is 9.28. The molecule has 3 N–H and O–H groups in total. The van der Waals surface area contributed by atoms with E-state index in [2.05, 4.69) is 21.2 Å². The first-order valence-corrected chi connectivity index (χ1v) is 13.2. The smallest absolute Gasteiger partial charge is 0.331 e. The summed E-state index contributed by atoms with van der Waals surface area (Å²) in [6, 6.07) is 1.64. The average molecular weight is 474 g/mol. The molecule has 0 spiro atoms. The van der Waals surface area contributed by atoms with Gasteiger partial charge in [-0.1, -0.05) is 6.07 Å². The minimum Gasteiger partial charge on any atom is -0.477 e. The maximum atomic E-state index is 13.2. The van der Waals surface area contributed by atoms with Crippen LogP contribution in [0.1, 0.15) is 61.3 Å². The van der Waals surface area contributed by atoms with Gasteiger partial charge in [-0.2, -0.15) is 5.10 Å². The van der Waals surface area contributed by atoms with Crippen LogP contribution in [0.2, 0.25) is 0 Å². The van der Waals surface area contributed by atoms with Crippen molar-refractivity contribution in [3.8, 4) is 5.88 Å². The molecule has 3 aliphatic rings. The minimum atomic E-state index is -3.64. The summed E-state index contributed by atoms with van der Waals surface area (Å²) >= 11 is 0. The average Bonchev–Trinajstić information content (AvgIpc) is 3.49. The summed E-state index contributed by atoms with van der Waals surface area (Å²) in [7, 11) is -3.64. The summed E-state index contributed by atoms with van der Waals surface area (Å²) in [5, 5.41) is 7.15. The molecule has 2 amide bonds. The molecule has 5 rings (SSSR count). The van der Waals surface area contributed by atoms with Gasteiger partial charge in [-0.25, -0.2) is 23.2 Å². The first-order chi connectivity index (χ1) is 15.8. The first kappa shape index (κ1) is 22.2. The molecule has 10 heteroatoms. The Labute approximate surface area is 194 Å². The maximum Gasteiger partial charge on any atom is 0.331 e. The van der Waals surface area contributed by atoms with Gasteiger partial charge in [-0.15, -0.1) is 0 Å². The number of hydrogen-bond acceptors (Lipinski definition) is 6. The number of ether oxygens (including phenoxy) is 2. The van der Waals surface area contributed by atoms with Crippen molar-refractivity contribution in [2.24, 2.45) is 0 Å². The summed E-state index contributed by atoms with van der Waals surface area (Å²) in [5.41, 5.74) is 5.64. The molecule has 1 aromatic carbocycles. The van der Waals surface area contributed by atoms with Gasteiger partial charge in [0, 0.05) is 24.6 Å². The standard InChI is InChI=1S/C23H31N5O4S/c1-14(2)32-13-17-8-7-16-11-15-5-3-6-18(15)21(20(16)17)26-23(29)27-33(24,30)19-12-25-28-9-4-10-31-22(19)28/h11-12,14,17H,3-10,13H2,1-2H3,(H3,24,26,27,29,30). The van der Waals surface area contributed by atoms with Crippen molar-refractivity contribution < 1.29 is 18.5 Å². The third kappa shape index (κ3) is 4.21. The zero-order valence-electron chi connectivity index (χ0n) is 19.1. The molecule has 0 bridgehead atoms. The number of hydrogen-bond donors (Lipinski definition) is 3. The Hall–Kier alpha value is -2.59. The highest BCUT2D eigenvalue weighted by molar-refractivity contribution is 7.91. The van der Waals surface area contributed by atoms with Gasteiger partial charge < -0.3 is 14.8 Å². The molecule has 0 fully saturated rings. The Morgan fingerprint density at radius 1 is 1.33 bits per heavy atom. The number of nitrogens with one attached hydrogen (secondary N) is 3. The number of urea groups is 1. The molecule has 1 aliphatic heterocycles. The molecule has 2 aromatic rings. The third-order valence-electron chi connectivity index (χ3n) is 6.62. The van der Waals surface area contributed by atoms with E-state index in [-0.39, 0.29) is 16.9 Å². The van der Waals surface area contributed by atoms with Crippen LogP contribution in [0.4, 0.5) is 10.5 Å². The third-order valence-corrected chi connectivity index (χ3v) is 8.00. The highest BCUT2D eigenvalue weighted by Crippen LogP contribution is 2.44. The molecular weight excluding hydrogens is 442 g/mol. The Balaban J connectivity index is 1.41.